The van der Waals surface area contributed by atoms with Crippen molar-refractivity contribution < 1.29 is 4.79 Å². The maximum Gasteiger partial charge on any atom is 0.221 e. The molecule has 0 heterocycles. The van der Waals surface area contributed by atoms with Crippen molar-refractivity contribution in [1.29, 1.82) is 0 Å². The molecule has 0 unspecified atom stereocenters. The maximum atomic E-state index is 11.1. The van der Waals surface area contributed by atoms with Crippen LogP contribution in [0.5, 0.6) is 0 Å². The van der Waals surface area contributed by atoms with Crippen molar-refractivity contribution in [3.8, 4) is 0 Å². The van der Waals surface area contributed by atoms with Crippen LogP contribution >= 0.6 is 23.8 Å². The third-order valence-electron chi connectivity index (χ3n) is 4.92. The molecular weight excluding hydrogens is 392 g/mol. The Hall–Kier alpha value is -2.31. The van der Waals surface area contributed by atoms with Crippen molar-refractivity contribution in [2.24, 2.45) is 0 Å². The molecule has 7 heteroatoms. The summed E-state index contributed by atoms with van der Waals surface area (Å²) in [6.45, 7) is 1.48. The van der Waals surface area contributed by atoms with E-state index in [0.29, 0.717) is 16.2 Å². The van der Waals surface area contributed by atoms with Crippen LogP contribution in [0, 0.1) is 0 Å². The molecule has 0 atom stereocenters. The van der Waals surface area contributed by atoms with Crippen molar-refractivity contribution in [3.05, 3.63) is 47.5 Å². The molecule has 3 rings (SSSR count). The molecule has 2 aromatic rings. The largest absolute Gasteiger partial charge is 0.370 e. The van der Waals surface area contributed by atoms with Crippen LogP contribution in [0.3, 0.4) is 0 Å². The fourth-order valence-corrected chi connectivity index (χ4v) is 4.04. The molecule has 1 amide bonds. The highest BCUT2D eigenvalue weighted by molar-refractivity contribution is 7.80. The summed E-state index contributed by atoms with van der Waals surface area (Å²) in [6, 6.07) is 13.8. The van der Waals surface area contributed by atoms with Gasteiger partial charge < -0.3 is 20.9 Å². The third-order valence-corrected chi connectivity index (χ3v) is 5.43. The van der Waals surface area contributed by atoms with Crippen LogP contribution in [-0.4, -0.2) is 24.1 Å². The van der Waals surface area contributed by atoms with Gasteiger partial charge in [0.2, 0.25) is 5.91 Å². The number of rotatable bonds is 5. The minimum Gasteiger partial charge on any atom is -0.370 e. The fourth-order valence-electron chi connectivity index (χ4n) is 3.49. The zero-order chi connectivity index (χ0) is 20.1. The van der Waals surface area contributed by atoms with Gasteiger partial charge in [0.1, 0.15) is 0 Å². The number of thiocarbonyl (C=S) groups is 1. The highest BCUT2D eigenvalue weighted by Crippen LogP contribution is 2.33. The second kappa shape index (κ2) is 9.26. The second-order valence-corrected chi connectivity index (χ2v) is 7.87. The summed E-state index contributed by atoms with van der Waals surface area (Å²) in [7, 11) is 2.11. The molecule has 1 fully saturated rings. The molecule has 148 valence electrons. The van der Waals surface area contributed by atoms with Gasteiger partial charge in [-0.2, -0.15) is 0 Å². The molecule has 0 aromatic heterocycles. The van der Waals surface area contributed by atoms with Gasteiger partial charge in [0.25, 0.3) is 0 Å². The smallest absolute Gasteiger partial charge is 0.221 e. The van der Waals surface area contributed by atoms with E-state index in [1.807, 2.05) is 42.5 Å². The molecule has 0 radical (unpaired) electrons. The molecule has 0 bridgehead atoms. The van der Waals surface area contributed by atoms with Crippen molar-refractivity contribution in [3.63, 3.8) is 0 Å². The zero-order valence-corrected chi connectivity index (χ0v) is 17.7. The summed E-state index contributed by atoms with van der Waals surface area (Å²) in [6.07, 6.45) is 5.03. The predicted octanol–water partition coefficient (Wildman–Crippen LogP) is 5.49. The van der Waals surface area contributed by atoms with E-state index in [0.717, 1.165) is 22.7 Å². The lowest BCUT2D eigenvalue weighted by atomic mass is 10.2. The Morgan fingerprint density at radius 1 is 1.00 bits per heavy atom. The lowest BCUT2D eigenvalue weighted by molar-refractivity contribution is -0.114. The number of nitrogens with zero attached hydrogens (tertiary/aromatic N) is 1. The van der Waals surface area contributed by atoms with Crippen LogP contribution in [0.25, 0.3) is 0 Å². The van der Waals surface area contributed by atoms with Gasteiger partial charge in [0.05, 0.1) is 10.7 Å². The van der Waals surface area contributed by atoms with Crippen LogP contribution in [0.4, 0.5) is 22.7 Å². The normalized spacial score (nSPS) is 13.8. The van der Waals surface area contributed by atoms with E-state index in [9.17, 15) is 4.79 Å². The number of carbonyl (C=O) groups is 1. The summed E-state index contributed by atoms with van der Waals surface area (Å²) >= 11 is 11.9. The van der Waals surface area contributed by atoms with Crippen LogP contribution in [-0.2, 0) is 4.79 Å². The van der Waals surface area contributed by atoms with E-state index >= 15 is 0 Å². The number of hydrogen-bond donors (Lipinski definition) is 3. The van der Waals surface area contributed by atoms with Gasteiger partial charge in [-0.15, -0.1) is 0 Å². The lowest BCUT2D eigenvalue weighted by Crippen LogP contribution is -2.29. The Morgan fingerprint density at radius 2 is 1.54 bits per heavy atom. The molecule has 0 aliphatic heterocycles. The van der Waals surface area contributed by atoms with Crippen LogP contribution in [0.1, 0.15) is 32.6 Å². The highest BCUT2D eigenvalue weighted by atomic mass is 35.5. The monoisotopic (exact) mass is 416 g/mol. The first-order valence-corrected chi connectivity index (χ1v) is 10.2. The molecule has 0 spiro atoms. The SMILES string of the molecule is CC(=O)Nc1ccc(NC(=S)Nc2ccc(N(C)C3CCCC3)c(Cl)c2)cc1. The lowest BCUT2D eigenvalue weighted by Gasteiger charge is -2.27. The number of halogens is 1. The van der Waals surface area contributed by atoms with Gasteiger partial charge in [0, 0.05) is 37.1 Å². The highest BCUT2D eigenvalue weighted by Gasteiger charge is 2.21. The standard InChI is InChI=1S/C21H25ClN4OS/c1-14(27)23-15-7-9-16(10-8-15)24-21(28)25-17-11-12-20(19(22)13-17)26(2)18-5-3-4-6-18/h7-13,18H,3-6H2,1-2H3,(H,23,27)(H2,24,25,28). The summed E-state index contributed by atoms with van der Waals surface area (Å²) < 4.78 is 0. The summed E-state index contributed by atoms with van der Waals surface area (Å²) in [5.74, 6) is -0.100. The Bertz CT molecular complexity index is 850. The number of benzene rings is 2. The first kappa shape index (κ1) is 20.4. The average Bonchev–Trinajstić information content (AvgIpc) is 3.17. The van der Waals surface area contributed by atoms with Gasteiger partial charge >= 0.3 is 0 Å². The Morgan fingerprint density at radius 3 is 2.11 bits per heavy atom. The molecule has 2 aromatic carbocycles. The predicted molar refractivity (Wildman–Crippen MR) is 123 cm³/mol. The van der Waals surface area contributed by atoms with Gasteiger partial charge in [-0.05, 0) is 67.5 Å². The fraction of sp³-hybridized carbons (Fsp3) is 0.333. The Kier molecular flexibility index (Phi) is 6.75. The Labute approximate surface area is 176 Å². The molecule has 28 heavy (non-hydrogen) atoms. The molecule has 1 aliphatic rings. The van der Waals surface area contributed by atoms with Crippen molar-refractivity contribution in [2.45, 2.75) is 38.6 Å². The van der Waals surface area contributed by atoms with Crippen LogP contribution in [0.15, 0.2) is 42.5 Å². The molecular formula is C21H25ClN4OS. The maximum absolute atomic E-state index is 11.1. The van der Waals surface area contributed by atoms with Gasteiger partial charge in [0.15, 0.2) is 5.11 Å². The van der Waals surface area contributed by atoms with Gasteiger partial charge in [-0.3, -0.25) is 4.79 Å². The van der Waals surface area contributed by atoms with E-state index < -0.39 is 0 Å². The number of hydrogen-bond acceptors (Lipinski definition) is 3. The number of anilines is 4. The molecule has 1 saturated carbocycles. The number of carbonyl (C=O) groups excluding carboxylic acids is 1. The summed E-state index contributed by atoms with van der Waals surface area (Å²) in [5, 5.41) is 10.2. The molecule has 1 aliphatic carbocycles. The zero-order valence-electron chi connectivity index (χ0n) is 16.1. The topological polar surface area (TPSA) is 56.4 Å². The molecule has 3 N–H and O–H groups in total. The Balaban J connectivity index is 1.59. The first-order valence-electron chi connectivity index (χ1n) is 9.40. The first-order chi connectivity index (χ1) is 13.4. The van der Waals surface area contributed by atoms with Crippen molar-refractivity contribution in [2.75, 3.05) is 27.9 Å². The molecule has 5 nitrogen and oxygen atoms in total. The number of nitrogens with one attached hydrogen (secondary N) is 3. The van der Waals surface area contributed by atoms with E-state index in [4.69, 9.17) is 23.8 Å². The second-order valence-electron chi connectivity index (χ2n) is 7.05. The van der Waals surface area contributed by atoms with Gasteiger partial charge in [-0.1, -0.05) is 24.4 Å². The van der Waals surface area contributed by atoms with E-state index in [1.165, 1.54) is 32.6 Å². The molecule has 0 saturated heterocycles. The minimum atomic E-state index is -0.100. The van der Waals surface area contributed by atoms with E-state index in [2.05, 4.69) is 27.9 Å². The van der Waals surface area contributed by atoms with Gasteiger partial charge in [-0.25, -0.2) is 0 Å². The number of amides is 1. The van der Waals surface area contributed by atoms with E-state index in [-0.39, 0.29) is 5.91 Å². The van der Waals surface area contributed by atoms with Crippen molar-refractivity contribution in [1.82, 2.24) is 0 Å². The van der Waals surface area contributed by atoms with E-state index in [1.54, 1.807) is 0 Å². The summed E-state index contributed by atoms with van der Waals surface area (Å²) in [4.78, 5) is 13.4. The van der Waals surface area contributed by atoms with Crippen LogP contribution < -0.4 is 20.9 Å². The quantitative estimate of drug-likeness (QED) is 0.563. The average molecular weight is 417 g/mol. The minimum absolute atomic E-state index is 0.100. The van der Waals surface area contributed by atoms with Crippen molar-refractivity contribution >= 4 is 57.6 Å². The summed E-state index contributed by atoms with van der Waals surface area (Å²) in [5.41, 5.74) is 3.45. The van der Waals surface area contributed by atoms with Crippen LogP contribution in [0.2, 0.25) is 5.02 Å². The third kappa shape index (κ3) is 5.36.